The van der Waals surface area contributed by atoms with Crippen LogP contribution in [-0.2, 0) is 4.79 Å². The van der Waals surface area contributed by atoms with Crippen LogP contribution < -0.4 is 0 Å². The number of aliphatic hydroxyl groups excluding tert-OH is 1. The van der Waals surface area contributed by atoms with E-state index < -0.39 is 11.7 Å². The van der Waals surface area contributed by atoms with E-state index in [0.29, 0.717) is 12.0 Å². The number of benzene rings is 1. The molecule has 1 aromatic rings. The van der Waals surface area contributed by atoms with Gasteiger partial charge in [-0.15, -0.1) is 0 Å². The molecule has 86 valence electrons. The molecule has 3 heteroatoms. The number of carboxylic acids is 1. The Balaban J connectivity index is 3.06. The van der Waals surface area contributed by atoms with E-state index in [9.17, 15) is 9.90 Å². The maximum Gasteiger partial charge on any atom is 0.371 e. The Kier molecular flexibility index (Phi) is 4.58. The van der Waals surface area contributed by atoms with Gasteiger partial charge in [-0.2, -0.15) is 0 Å². The molecule has 0 atom stereocenters. The number of hydrogen-bond acceptors (Lipinski definition) is 2. The van der Waals surface area contributed by atoms with Gasteiger partial charge in [-0.25, -0.2) is 4.79 Å². The molecule has 0 bridgehead atoms. The van der Waals surface area contributed by atoms with Crippen molar-refractivity contribution in [3.05, 3.63) is 41.7 Å². The smallest absolute Gasteiger partial charge is 0.371 e. The van der Waals surface area contributed by atoms with E-state index in [1.54, 1.807) is 0 Å². The molecule has 0 aromatic heterocycles. The first kappa shape index (κ1) is 12.3. The van der Waals surface area contributed by atoms with Crippen LogP contribution in [0.15, 0.2) is 36.1 Å². The lowest BCUT2D eigenvalue weighted by molar-refractivity contribution is -0.135. The monoisotopic (exact) mass is 220 g/mol. The molecule has 0 radical (unpaired) electrons. The summed E-state index contributed by atoms with van der Waals surface area (Å²) < 4.78 is 0. The zero-order valence-electron chi connectivity index (χ0n) is 9.31. The number of carbonyl (C=O) groups is 1. The van der Waals surface area contributed by atoms with Crippen molar-refractivity contribution in [2.75, 3.05) is 0 Å². The number of hydrogen-bond donors (Lipinski definition) is 2. The zero-order chi connectivity index (χ0) is 12.0. The first-order chi connectivity index (χ1) is 7.66. The maximum atomic E-state index is 10.8. The van der Waals surface area contributed by atoms with Gasteiger partial charge in [0.2, 0.25) is 5.76 Å². The minimum absolute atomic E-state index is 0.509. The van der Waals surface area contributed by atoms with E-state index in [1.165, 1.54) is 0 Å². The second-order valence-electron chi connectivity index (χ2n) is 3.60. The van der Waals surface area contributed by atoms with Gasteiger partial charge < -0.3 is 10.2 Å². The highest BCUT2D eigenvalue weighted by molar-refractivity contribution is 5.93. The predicted octanol–water partition coefficient (Wildman–Crippen LogP) is 3.23. The van der Waals surface area contributed by atoms with Crippen LogP contribution in [0.3, 0.4) is 0 Å². The lowest BCUT2D eigenvalue weighted by atomic mass is 9.99. The van der Waals surface area contributed by atoms with Crippen molar-refractivity contribution < 1.29 is 15.0 Å². The standard InChI is InChI=1S/C13H16O3/c1-2-3-9-11(12(14)13(15)16)10-7-5-4-6-8-10/h4-8,14H,2-3,9H2,1H3,(H,15,16). The number of carboxylic acid groups (broad SMARTS) is 1. The van der Waals surface area contributed by atoms with Crippen molar-refractivity contribution in [1.29, 1.82) is 0 Å². The molecule has 0 saturated carbocycles. The molecule has 1 rings (SSSR count). The molecular formula is C13H16O3. The van der Waals surface area contributed by atoms with Crippen molar-refractivity contribution in [3.8, 4) is 0 Å². The molecule has 0 saturated heterocycles. The largest absolute Gasteiger partial charge is 0.502 e. The van der Waals surface area contributed by atoms with Gasteiger partial charge in [0.15, 0.2) is 0 Å². The van der Waals surface area contributed by atoms with Gasteiger partial charge in [0.05, 0.1) is 0 Å². The minimum atomic E-state index is -1.27. The quantitative estimate of drug-likeness (QED) is 0.591. The number of unbranched alkanes of at least 4 members (excludes halogenated alkanes) is 1. The molecule has 0 spiro atoms. The van der Waals surface area contributed by atoms with Gasteiger partial charge >= 0.3 is 5.97 Å². The number of allylic oxidation sites excluding steroid dienone is 1. The Morgan fingerprint density at radius 2 is 1.81 bits per heavy atom. The number of aliphatic hydroxyl groups is 1. The van der Waals surface area contributed by atoms with Crippen molar-refractivity contribution in [1.82, 2.24) is 0 Å². The minimum Gasteiger partial charge on any atom is -0.502 e. The highest BCUT2D eigenvalue weighted by atomic mass is 16.4. The summed E-state index contributed by atoms with van der Waals surface area (Å²) >= 11 is 0. The summed E-state index contributed by atoms with van der Waals surface area (Å²) in [6.45, 7) is 2.03. The van der Waals surface area contributed by atoms with Crippen LogP contribution in [0.4, 0.5) is 0 Å². The third-order valence-corrected chi connectivity index (χ3v) is 2.39. The van der Waals surface area contributed by atoms with Crippen LogP contribution in [0, 0.1) is 0 Å². The Morgan fingerprint density at radius 1 is 1.19 bits per heavy atom. The molecule has 1 aromatic carbocycles. The lowest BCUT2D eigenvalue weighted by Crippen LogP contribution is -2.03. The fourth-order valence-corrected chi connectivity index (χ4v) is 1.52. The summed E-state index contributed by atoms with van der Waals surface area (Å²) in [6.07, 6.45) is 2.41. The van der Waals surface area contributed by atoms with Gasteiger partial charge in [-0.05, 0) is 18.4 Å². The normalized spacial score (nSPS) is 12.1. The van der Waals surface area contributed by atoms with Crippen molar-refractivity contribution in [2.24, 2.45) is 0 Å². The Labute approximate surface area is 95.0 Å². The van der Waals surface area contributed by atoms with Crippen LogP contribution in [0.5, 0.6) is 0 Å². The van der Waals surface area contributed by atoms with E-state index in [4.69, 9.17) is 5.11 Å². The number of aliphatic carboxylic acids is 1. The predicted molar refractivity (Wildman–Crippen MR) is 63.2 cm³/mol. The van der Waals surface area contributed by atoms with E-state index in [2.05, 4.69) is 0 Å². The fraction of sp³-hybridized carbons (Fsp3) is 0.308. The average molecular weight is 220 g/mol. The molecule has 0 heterocycles. The Hall–Kier alpha value is -1.77. The van der Waals surface area contributed by atoms with Crippen LogP contribution in [0.25, 0.3) is 5.57 Å². The average Bonchev–Trinajstić information content (AvgIpc) is 2.30. The molecule has 3 nitrogen and oxygen atoms in total. The van der Waals surface area contributed by atoms with Crippen LogP contribution in [0.1, 0.15) is 31.7 Å². The highest BCUT2D eigenvalue weighted by Gasteiger charge is 2.13. The van der Waals surface area contributed by atoms with Crippen LogP contribution >= 0.6 is 0 Å². The zero-order valence-corrected chi connectivity index (χ0v) is 9.31. The molecule has 16 heavy (non-hydrogen) atoms. The topological polar surface area (TPSA) is 57.5 Å². The molecule has 0 aliphatic heterocycles. The van der Waals surface area contributed by atoms with Crippen LogP contribution in [0.2, 0.25) is 0 Å². The summed E-state index contributed by atoms with van der Waals surface area (Å²) in [5, 5.41) is 18.4. The van der Waals surface area contributed by atoms with Gasteiger partial charge in [0.25, 0.3) is 0 Å². The maximum absolute atomic E-state index is 10.8. The second kappa shape index (κ2) is 5.95. The number of rotatable bonds is 5. The van der Waals surface area contributed by atoms with Crippen molar-refractivity contribution >= 4 is 11.5 Å². The van der Waals surface area contributed by atoms with Crippen LogP contribution in [-0.4, -0.2) is 16.2 Å². The van der Waals surface area contributed by atoms with Crippen molar-refractivity contribution in [2.45, 2.75) is 26.2 Å². The second-order valence-corrected chi connectivity index (χ2v) is 3.60. The molecule has 0 unspecified atom stereocenters. The van der Waals surface area contributed by atoms with Gasteiger partial charge in [-0.3, -0.25) is 0 Å². The first-order valence-corrected chi connectivity index (χ1v) is 5.37. The molecule has 2 N–H and O–H groups in total. The van der Waals surface area contributed by atoms with Crippen molar-refractivity contribution in [3.63, 3.8) is 0 Å². The summed E-state index contributed by atoms with van der Waals surface area (Å²) in [6, 6.07) is 9.14. The summed E-state index contributed by atoms with van der Waals surface area (Å²) in [7, 11) is 0. The Morgan fingerprint density at radius 3 is 2.31 bits per heavy atom. The molecule has 0 fully saturated rings. The van der Waals surface area contributed by atoms with Gasteiger partial charge in [0, 0.05) is 5.57 Å². The molecule has 0 aliphatic rings. The molecule has 0 aliphatic carbocycles. The first-order valence-electron chi connectivity index (χ1n) is 5.37. The van der Waals surface area contributed by atoms with E-state index in [-0.39, 0.29) is 0 Å². The summed E-state index contributed by atoms with van der Waals surface area (Å²) in [4.78, 5) is 10.8. The molecule has 0 amide bonds. The molecular weight excluding hydrogens is 204 g/mol. The van der Waals surface area contributed by atoms with E-state index in [1.807, 2.05) is 37.3 Å². The van der Waals surface area contributed by atoms with E-state index in [0.717, 1.165) is 18.4 Å². The Bertz CT molecular complexity index is 379. The highest BCUT2D eigenvalue weighted by Crippen LogP contribution is 2.23. The SMILES string of the molecule is CCCCC(=C(O)C(=O)O)c1ccccc1. The van der Waals surface area contributed by atoms with Gasteiger partial charge in [-0.1, -0.05) is 43.7 Å². The summed E-state index contributed by atoms with van der Waals surface area (Å²) in [5.74, 6) is -1.81. The van der Waals surface area contributed by atoms with E-state index >= 15 is 0 Å². The summed E-state index contributed by atoms with van der Waals surface area (Å²) in [5.41, 5.74) is 1.28. The third-order valence-electron chi connectivity index (χ3n) is 2.39. The van der Waals surface area contributed by atoms with Gasteiger partial charge in [0.1, 0.15) is 0 Å². The lowest BCUT2D eigenvalue weighted by Gasteiger charge is -2.08. The third kappa shape index (κ3) is 3.12. The fourth-order valence-electron chi connectivity index (χ4n) is 1.52.